The number of carbonyl (C=O) groups excluding carboxylic acids is 2. The van der Waals surface area contributed by atoms with E-state index in [9.17, 15) is 9.59 Å². The van der Waals surface area contributed by atoms with Crippen LogP contribution in [-0.2, 0) is 9.47 Å². The van der Waals surface area contributed by atoms with Gasteiger partial charge in [-0.25, -0.2) is 0 Å². The van der Waals surface area contributed by atoms with Gasteiger partial charge in [0.05, 0.1) is 18.8 Å². The molecule has 1 saturated heterocycles. The Balaban J connectivity index is 1.72. The summed E-state index contributed by atoms with van der Waals surface area (Å²) in [4.78, 5) is 27.9. The zero-order valence-corrected chi connectivity index (χ0v) is 17.3. The summed E-state index contributed by atoms with van der Waals surface area (Å²) in [6.45, 7) is 10.0. The van der Waals surface area contributed by atoms with Crippen molar-refractivity contribution in [1.29, 1.82) is 0 Å². The number of hydrogen-bond acceptors (Lipinski definition) is 6. The van der Waals surface area contributed by atoms with Crippen LogP contribution in [0.15, 0.2) is 66.7 Å². The molecular weight excluding hydrogens is 382 g/mol. The summed E-state index contributed by atoms with van der Waals surface area (Å²) < 4.78 is 16.9. The second-order valence-corrected chi connectivity index (χ2v) is 6.89. The van der Waals surface area contributed by atoms with Gasteiger partial charge in [0.25, 0.3) is 0 Å². The van der Waals surface area contributed by atoms with Crippen LogP contribution < -0.4 is 4.74 Å². The van der Waals surface area contributed by atoms with E-state index in [1.165, 1.54) is 12.2 Å². The van der Waals surface area contributed by atoms with Crippen LogP contribution in [0.2, 0.25) is 0 Å². The lowest BCUT2D eigenvalue weighted by Gasteiger charge is -2.26. The van der Waals surface area contributed by atoms with Crippen molar-refractivity contribution in [2.24, 2.45) is 0 Å². The Labute approximate surface area is 177 Å². The highest BCUT2D eigenvalue weighted by atomic mass is 16.5. The van der Waals surface area contributed by atoms with Gasteiger partial charge < -0.3 is 14.2 Å². The van der Waals surface area contributed by atoms with Gasteiger partial charge in [-0.1, -0.05) is 31.7 Å². The van der Waals surface area contributed by atoms with Crippen molar-refractivity contribution in [3.63, 3.8) is 0 Å². The number of ketones is 2. The molecule has 0 bridgehead atoms. The van der Waals surface area contributed by atoms with Crippen LogP contribution in [0, 0.1) is 0 Å². The van der Waals surface area contributed by atoms with Crippen LogP contribution in [0.3, 0.4) is 0 Å². The molecular formula is C24H27NO5. The molecule has 2 aliphatic rings. The molecule has 3 rings (SSSR count). The first-order chi connectivity index (χ1) is 14.6. The number of hydrogen-bond donors (Lipinski definition) is 0. The van der Waals surface area contributed by atoms with E-state index in [0.717, 1.165) is 39.3 Å². The van der Waals surface area contributed by atoms with E-state index < -0.39 is 0 Å². The molecule has 1 aromatic rings. The molecule has 1 aromatic carbocycles. The van der Waals surface area contributed by atoms with Crippen LogP contribution in [-0.4, -0.2) is 55.9 Å². The summed E-state index contributed by atoms with van der Waals surface area (Å²) >= 11 is 0. The SMILES string of the molecule is C=C/C(=C\C=C/CC)OC1=CC(=O)c2c(OCCN3CCOCC3)cccc2C1=O. The molecule has 1 heterocycles. The van der Waals surface area contributed by atoms with Gasteiger partial charge in [0.1, 0.15) is 18.1 Å². The van der Waals surface area contributed by atoms with Crippen molar-refractivity contribution in [3.8, 4) is 5.75 Å². The third-order valence-corrected chi connectivity index (χ3v) is 4.83. The van der Waals surface area contributed by atoms with Crippen molar-refractivity contribution >= 4 is 11.6 Å². The van der Waals surface area contributed by atoms with Crippen molar-refractivity contribution in [1.82, 2.24) is 4.90 Å². The molecule has 0 saturated carbocycles. The molecule has 0 unspecified atom stereocenters. The second-order valence-electron chi connectivity index (χ2n) is 6.89. The van der Waals surface area contributed by atoms with Crippen molar-refractivity contribution in [3.05, 3.63) is 77.8 Å². The fourth-order valence-electron chi connectivity index (χ4n) is 3.24. The van der Waals surface area contributed by atoms with Gasteiger partial charge in [-0.2, -0.15) is 0 Å². The molecule has 0 atom stereocenters. The van der Waals surface area contributed by atoms with E-state index in [1.807, 2.05) is 19.1 Å². The average Bonchev–Trinajstić information content (AvgIpc) is 2.77. The normalized spacial score (nSPS) is 17.6. The number of ether oxygens (including phenoxy) is 3. The summed E-state index contributed by atoms with van der Waals surface area (Å²) in [7, 11) is 0. The molecule has 1 fully saturated rings. The molecule has 0 aromatic heterocycles. The number of rotatable bonds is 9. The molecule has 0 amide bonds. The third-order valence-electron chi connectivity index (χ3n) is 4.83. The number of Topliss-reactive ketones (excluding diaryl/α,β-unsaturated/α-hetero) is 1. The highest BCUT2D eigenvalue weighted by Crippen LogP contribution is 2.30. The minimum absolute atomic E-state index is 0.0194. The van der Waals surface area contributed by atoms with Crippen molar-refractivity contribution in [2.45, 2.75) is 13.3 Å². The smallest absolute Gasteiger partial charge is 0.229 e. The molecule has 0 N–H and O–H groups in total. The molecule has 1 aliphatic heterocycles. The van der Waals surface area contributed by atoms with Crippen LogP contribution in [0.25, 0.3) is 0 Å². The summed E-state index contributed by atoms with van der Waals surface area (Å²) in [6.07, 6.45) is 9.07. The Morgan fingerprint density at radius 2 is 2.07 bits per heavy atom. The Morgan fingerprint density at radius 3 is 2.80 bits per heavy atom. The zero-order chi connectivity index (χ0) is 21.3. The zero-order valence-electron chi connectivity index (χ0n) is 17.3. The van der Waals surface area contributed by atoms with Gasteiger partial charge in [0.15, 0.2) is 11.5 Å². The van der Waals surface area contributed by atoms with Gasteiger partial charge in [-0.05, 0) is 30.7 Å². The van der Waals surface area contributed by atoms with Gasteiger partial charge in [-0.15, -0.1) is 0 Å². The lowest BCUT2D eigenvalue weighted by molar-refractivity contribution is 0.0322. The summed E-state index contributed by atoms with van der Waals surface area (Å²) in [6, 6.07) is 5.05. The van der Waals surface area contributed by atoms with E-state index in [-0.39, 0.29) is 28.5 Å². The third kappa shape index (κ3) is 5.34. The predicted octanol–water partition coefficient (Wildman–Crippen LogP) is 3.71. The molecule has 6 heteroatoms. The van der Waals surface area contributed by atoms with Crippen LogP contribution in [0.1, 0.15) is 34.1 Å². The van der Waals surface area contributed by atoms with E-state index >= 15 is 0 Å². The number of carbonyl (C=O) groups is 2. The lowest BCUT2D eigenvalue weighted by atomic mass is 9.92. The fraction of sp³-hybridized carbons (Fsp3) is 0.333. The summed E-state index contributed by atoms with van der Waals surface area (Å²) in [5.41, 5.74) is 0.570. The Morgan fingerprint density at radius 1 is 1.27 bits per heavy atom. The quantitative estimate of drug-likeness (QED) is 0.458. The minimum atomic E-state index is -0.351. The molecule has 158 valence electrons. The highest BCUT2D eigenvalue weighted by Gasteiger charge is 2.30. The first-order valence-corrected chi connectivity index (χ1v) is 10.2. The largest absolute Gasteiger partial charge is 0.491 e. The maximum absolute atomic E-state index is 12.9. The maximum Gasteiger partial charge on any atom is 0.229 e. The van der Waals surface area contributed by atoms with Crippen molar-refractivity contribution in [2.75, 3.05) is 39.5 Å². The monoisotopic (exact) mass is 409 g/mol. The first kappa shape index (κ1) is 21.7. The van der Waals surface area contributed by atoms with Gasteiger partial charge in [-0.3, -0.25) is 14.5 Å². The number of nitrogens with zero attached hydrogens (tertiary/aromatic N) is 1. The fourth-order valence-corrected chi connectivity index (χ4v) is 3.24. The van der Waals surface area contributed by atoms with Crippen LogP contribution >= 0.6 is 0 Å². The number of morpholine rings is 1. The van der Waals surface area contributed by atoms with Gasteiger partial charge >= 0.3 is 0 Å². The highest BCUT2D eigenvalue weighted by molar-refractivity contribution is 6.24. The summed E-state index contributed by atoms with van der Waals surface area (Å²) in [5, 5.41) is 0. The van der Waals surface area contributed by atoms with Crippen LogP contribution in [0.4, 0.5) is 0 Å². The molecule has 1 aliphatic carbocycles. The topological polar surface area (TPSA) is 65.1 Å². The van der Waals surface area contributed by atoms with E-state index in [2.05, 4.69) is 11.5 Å². The average molecular weight is 409 g/mol. The van der Waals surface area contributed by atoms with E-state index in [4.69, 9.17) is 14.2 Å². The second kappa shape index (κ2) is 10.7. The number of fused-ring (bicyclic) bond motifs is 1. The first-order valence-electron chi connectivity index (χ1n) is 10.2. The Hall–Kier alpha value is -2.96. The number of allylic oxidation sites excluding steroid dienone is 6. The van der Waals surface area contributed by atoms with Crippen molar-refractivity contribution < 1.29 is 23.8 Å². The number of benzene rings is 1. The molecule has 0 spiro atoms. The summed E-state index contributed by atoms with van der Waals surface area (Å²) in [5.74, 6) is 0.131. The van der Waals surface area contributed by atoms with Gasteiger partial charge in [0.2, 0.25) is 5.78 Å². The van der Waals surface area contributed by atoms with E-state index in [1.54, 1.807) is 24.3 Å². The molecule has 0 radical (unpaired) electrons. The minimum Gasteiger partial charge on any atom is -0.491 e. The van der Waals surface area contributed by atoms with Gasteiger partial charge in [0, 0.05) is 31.3 Å². The van der Waals surface area contributed by atoms with E-state index in [0.29, 0.717) is 18.1 Å². The standard InChI is InChI=1S/C24H27NO5/c1-3-5-6-8-18(4-2)30-22-17-20(26)23-19(24(22)27)9-7-10-21(23)29-16-13-25-11-14-28-15-12-25/h4-10,17H,2-3,11-16H2,1H3/b6-5-,18-8+. The molecule has 30 heavy (non-hydrogen) atoms. The van der Waals surface area contributed by atoms with Crippen LogP contribution in [0.5, 0.6) is 5.75 Å². The molecule has 6 nitrogen and oxygen atoms in total. The maximum atomic E-state index is 12.9. The Bertz CT molecular complexity index is 891. The lowest BCUT2D eigenvalue weighted by Crippen LogP contribution is -2.38. The predicted molar refractivity (Wildman–Crippen MR) is 115 cm³/mol. The Kier molecular flexibility index (Phi) is 7.76.